The summed E-state index contributed by atoms with van der Waals surface area (Å²) in [5.41, 5.74) is 1.90. The van der Waals surface area contributed by atoms with Crippen LogP contribution in [0.3, 0.4) is 0 Å². The van der Waals surface area contributed by atoms with Gasteiger partial charge in [0.25, 0.3) is 5.91 Å². The maximum absolute atomic E-state index is 12.2. The lowest BCUT2D eigenvalue weighted by molar-refractivity contribution is -0.136. The third kappa shape index (κ3) is 2.88. The maximum Gasteiger partial charge on any atom is 0.256 e. The van der Waals surface area contributed by atoms with E-state index in [1.54, 1.807) is 20.2 Å². The van der Waals surface area contributed by atoms with Gasteiger partial charge in [-0.15, -0.1) is 0 Å². The fourth-order valence-corrected chi connectivity index (χ4v) is 1.81. The zero-order valence-corrected chi connectivity index (χ0v) is 11.9. The Morgan fingerprint density at radius 2 is 2.05 bits per heavy atom. The molecular formula is C15H19N3O2. The summed E-state index contributed by atoms with van der Waals surface area (Å²) in [5.74, 6) is -0.142. The van der Waals surface area contributed by atoms with E-state index in [4.69, 9.17) is 4.74 Å². The number of H-pyrrole nitrogens is 1. The van der Waals surface area contributed by atoms with Gasteiger partial charge in [-0.3, -0.25) is 9.89 Å². The third-order valence-electron chi connectivity index (χ3n) is 3.56. The molecule has 0 aliphatic carbocycles. The molecule has 0 spiro atoms. The van der Waals surface area contributed by atoms with Crippen LogP contribution >= 0.6 is 0 Å². The van der Waals surface area contributed by atoms with Gasteiger partial charge in [0, 0.05) is 19.0 Å². The minimum Gasteiger partial charge on any atom is -0.369 e. The largest absolute Gasteiger partial charge is 0.369 e. The van der Waals surface area contributed by atoms with E-state index >= 15 is 0 Å². The first-order valence-electron chi connectivity index (χ1n) is 6.55. The molecule has 1 atom stereocenters. The molecule has 1 unspecified atom stereocenters. The van der Waals surface area contributed by atoms with Crippen LogP contribution in [0.1, 0.15) is 20.3 Å². The molecule has 0 radical (unpaired) electrons. The first-order chi connectivity index (χ1) is 9.59. The molecule has 2 aromatic rings. The normalized spacial score (nSPS) is 13.8. The number of aromatic nitrogens is 2. The predicted molar refractivity (Wildman–Crippen MR) is 78.4 cm³/mol. The smallest absolute Gasteiger partial charge is 0.256 e. The zero-order chi connectivity index (χ0) is 14.6. The Bertz CT molecular complexity index is 557. The van der Waals surface area contributed by atoms with Crippen molar-refractivity contribution in [2.75, 3.05) is 12.4 Å². The van der Waals surface area contributed by atoms with Crippen LogP contribution in [0.15, 0.2) is 36.5 Å². The molecule has 1 heterocycles. The summed E-state index contributed by atoms with van der Waals surface area (Å²) in [6.07, 6.45) is 2.32. The SMILES string of the molecule is CCC(C)(OC)C(=O)Nc1ccc(-c2ccn[nH]2)cc1. The first kappa shape index (κ1) is 14.3. The van der Waals surface area contributed by atoms with Gasteiger partial charge in [-0.1, -0.05) is 19.1 Å². The van der Waals surface area contributed by atoms with Crippen molar-refractivity contribution in [2.45, 2.75) is 25.9 Å². The van der Waals surface area contributed by atoms with Crippen molar-refractivity contribution >= 4 is 11.6 Å². The number of anilines is 1. The van der Waals surface area contributed by atoms with Gasteiger partial charge in [0.15, 0.2) is 0 Å². The summed E-state index contributed by atoms with van der Waals surface area (Å²) >= 11 is 0. The van der Waals surface area contributed by atoms with Gasteiger partial charge in [-0.25, -0.2) is 0 Å². The highest BCUT2D eigenvalue weighted by Crippen LogP contribution is 2.21. The van der Waals surface area contributed by atoms with E-state index in [0.717, 1.165) is 16.9 Å². The van der Waals surface area contributed by atoms with Crippen LogP contribution < -0.4 is 5.32 Å². The quantitative estimate of drug-likeness (QED) is 0.880. The molecule has 0 saturated heterocycles. The Morgan fingerprint density at radius 3 is 2.55 bits per heavy atom. The summed E-state index contributed by atoms with van der Waals surface area (Å²) in [6, 6.07) is 9.48. The Hall–Kier alpha value is -2.14. The van der Waals surface area contributed by atoms with E-state index in [2.05, 4.69) is 15.5 Å². The molecule has 0 aliphatic heterocycles. The molecule has 1 amide bonds. The molecule has 2 N–H and O–H groups in total. The van der Waals surface area contributed by atoms with Gasteiger partial charge in [0.05, 0.1) is 5.69 Å². The van der Waals surface area contributed by atoms with Gasteiger partial charge in [-0.05, 0) is 37.1 Å². The Labute approximate surface area is 118 Å². The number of carbonyl (C=O) groups excluding carboxylic acids is 1. The second-order valence-electron chi connectivity index (χ2n) is 4.79. The molecule has 0 bridgehead atoms. The minimum atomic E-state index is -0.804. The number of carbonyl (C=O) groups is 1. The van der Waals surface area contributed by atoms with Crippen LogP contribution in [0.5, 0.6) is 0 Å². The summed E-state index contributed by atoms with van der Waals surface area (Å²) in [7, 11) is 1.55. The molecule has 0 aliphatic rings. The van der Waals surface area contributed by atoms with Crippen LogP contribution in [-0.2, 0) is 9.53 Å². The first-order valence-corrected chi connectivity index (χ1v) is 6.55. The molecule has 20 heavy (non-hydrogen) atoms. The van der Waals surface area contributed by atoms with Crippen molar-refractivity contribution in [3.63, 3.8) is 0 Å². The van der Waals surface area contributed by atoms with E-state index in [0.29, 0.717) is 6.42 Å². The second kappa shape index (κ2) is 5.88. The molecule has 5 nitrogen and oxygen atoms in total. The van der Waals surface area contributed by atoms with Gasteiger partial charge in [0.1, 0.15) is 5.60 Å². The summed E-state index contributed by atoms with van der Waals surface area (Å²) in [6.45, 7) is 3.70. The van der Waals surface area contributed by atoms with Gasteiger partial charge >= 0.3 is 0 Å². The average molecular weight is 273 g/mol. The number of rotatable bonds is 5. The van der Waals surface area contributed by atoms with Crippen molar-refractivity contribution in [1.29, 1.82) is 0 Å². The fraction of sp³-hybridized carbons (Fsp3) is 0.333. The second-order valence-corrected chi connectivity index (χ2v) is 4.79. The number of methoxy groups -OCH3 is 1. The van der Waals surface area contributed by atoms with Crippen LogP contribution in [0.4, 0.5) is 5.69 Å². The van der Waals surface area contributed by atoms with Crippen molar-refractivity contribution < 1.29 is 9.53 Å². The summed E-state index contributed by atoms with van der Waals surface area (Å²) in [4.78, 5) is 12.2. The zero-order valence-electron chi connectivity index (χ0n) is 11.9. The van der Waals surface area contributed by atoms with E-state index in [1.807, 2.05) is 37.3 Å². The lowest BCUT2D eigenvalue weighted by Crippen LogP contribution is -2.41. The number of nitrogens with one attached hydrogen (secondary N) is 2. The number of hydrogen-bond acceptors (Lipinski definition) is 3. The highest BCUT2D eigenvalue weighted by Gasteiger charge is 2.30. The predicted octanol–water partition coefficient (Wildman–Crippen LogP) is 2.83. The number of ether oxygens (including phenoxy) is 1. The molecule has 5 heteroatoms. The van der Waals surface area contributed by atoms with Crippen LogP contribution in [0, 0.1) is 0 Å². The molecule has 0 fully saturated rings. The maximum atomic E-state index is 12.2. The summed E-state index contributed by atoms with van der Waals surface area (Å²) in [5, 5.41) is 9.68. The van der Waals surface area contributed by atoms with Crippen molar-refractivity contribution in [3.05, 3.63) is 36.5 Å². The molecule has 1 aromatic carbocycles. The highest BCUT2D eigenvalue weighted by atomic mass is 16.5. The number of nitrogens with zero attached hydrogens (tertiary/aromatic N) is 1. The Balaban J connectivity index is 2.10. The molecule has 1 aromatic heterocycles. The number of aromatic amines is 1. The lowest BCUT2D eigenvalue weighted by Gasteiger charge is -2.25. The lowest BCUT2D eigenvalue weighted by atomic mass is 10.0. The van der Waals surface area contributed by atoms with Gasteiger partial charge < -0.3 is 10.1 Å². The van der Waals surface area contributed by atoms with E-state index in [9.17, 15) is 4.79 Å². The van der Waals surface area contributed by atoms with E-state index in [1.165, 1.54) is 0 Å². The third-order valence-corrected chi connectivity index (χ3v) is 3.56. The monoisotopic (exact) mass is 273 g/mol. The number of hydrogen-bond donors (Lipinski definition) is 2. The topological polar surface area (TPSA) is 67.0 Å². The van der Waals surface area contributed by atoms with Gasteiger partial charge in [0.2, 0.25) is 0 Å². The number of amides is 1. The molecule has 2 rings (SSSR count). The average Bonchev–Trinajstić information content (AvgIpc) is 3.01. The molecular weight excluding hydrogens is 254 g/mol. The van der Waals surface area contributed by atoms with Crippen molar-refractivity contribution in [3.8, 4) is 11.3 Å². The van der Waals surface area contributed by atoms with Gasteiger partial charge in [-0.2, -0.15) is 5.10 Å². The molecule has 0 saturated carbocycles. The fourth-order valence-electron chi connectivity index (χ4n) is 1.81. The van der Waals surface area contributed by atoms with Crippen molar-refractivity contribution in [2.24, 2.45) is 0 Å². The Morgan fingerprint density at radius 1 is 1.35 bits per heavy atom. The minimum absolute atomic E-state index is 0.142. The summed E-state index contributed by atoms with van der Waals surface area (Å²) < 4.78 is 5.28. The van der Waals surface area contributed by atoms with Crippen LogP contribution in [-0.4, -0.2) is 28.8 Å². The van der Waals surface area contributed by atoms with E-state index < -0.39 is 5.60 Å². The van der Waals surface area contributed by atoms with Crippen molar-refractivity contribution in [1.82, 2.24) is 10.2 Å². The van der Waals surface area contributed by atoms with Crippen LogP contribution in [0.2, 0.25) is 0 Å². The van der Waals surface area contributed by atoms with E-state index in [-0.39, 0.29) is 5.91 Å². The number of benzene rings is 1. The standard InChI is InChI=1S/C15H19N3O2/c1-4-15(2,20-3)14(19)17-12-7-5-11(6-8-12)13-9-10-16-18-13/h5-10H,4H2,1-3H3,(H,16,18)(H,17,19). The molecule has 106 valence electrons. The highest BCUT2D eigenvalue weighted by molar-refractivity contribution is 5.97. The Kier molecular flexibility index (Phi) is 4.20. The van der Waals surface area contributed by atoms with Crippen LogP contribution in [0.25, 0.3) is 11.3 Å².